The number of halogens is 9. The first-order valence-corrected chi connectivity index (χ1v) is 9.33. The highest BCUT2D eigenvalue weighted by Gasteiger charge is 2.86. The van der Waals surface area contributed by atoms with E-state index < -0.39 is 62.1 Å². The van der Waals surface area contributed by atoms with Gasteiger partial charge in [-0.3, -0.25) is 14.9 Å². The van der Waals surface area contributed by atoms with Gasteiger partial charge in [0.2, 0.25) is 0 Å². The largest absolute Gasteiger partial charge is 0.460 e. The Bertz CT molecular complexity index is 1250. The standard InChI is InChI=1S/C16H6F9NO5S/c17-13(18,15(21,22)23)14(19,20)16(24,25)32(29,30)31-8-5-6-3-1-2-4-7(6)9-10(8)12(28)26-11(9)27/h1-5H,(H,26,27,28). The molecule has 174 valence electrons. The number of hydrogen-bond donors (Lipinski definition) is 1. The van der Waals surface area contributed by atoms with E-state index in [0.717, 1.165) is 6.07 Å². The second-order valence-corrected chi connectivity index (χ2v) is 7.92. The maximum Gasteiger partial charge on any atom is 0.460 e. The van der Waals surface area contributed by atoms with Crippen LogP contribution < -0.4 is 9.50 Å². The van der Waals surface area contributed by atoms with Gasteiger partial charge < -0.3 is 4.18 Å². The molecule has 2 aromatic rings. The number of fused-ring (bicyclic) bond motifs is 3. The molecular formula is C16H6F9NO5S. The van der Waals surface area contributed by atoms with E-state index in [0.29, 0.717) is 6.07 Å². The van der Waals surface area contributed by atoms with Crippen molar-refractivity contribution in [3.63, 3.8) is 0 Å². The van der Waals surface area contributed by atoms with Crippen molar-refractivity contribution in [3.8, 4) is 5.75 Å². The molecule has 0 spiro atoms. The molecule has 3 rings (SSSR count). The number of rotatable bonds is 5. The van der Waals surface area contributed by atoms with Crippen LogP contribution in [0.5, 0.6) is 5.75 Å². The molecule has 6 nitrogen and oxygen atoms in total. The molecule has 0 bridgehead atoms. The lowest BCUT2D eigenvalue weighted by Crippen LogP contribution is -2.63. The third-order valence-corrected chi connectivity index (χ3v) is 5.61. The molecule has 1 N–H and O–H groups in total. The summed E-state index contributed by atoms with van der Waals surface area (Å²) in [5, 5.41) is -5.64. The molecule has 0 atom stereocenters. The maximum absolute atomic E-state index is 13.9. The van der Waals surface area contributed by atoms with E-state index in [2.05, 4.69) is 4.18 Å². The van der Waals surface area contributed by atoms with Crippen LogP contribution in [0.3, 0.4) is 0 Å². The van der Waals surface area contributed by atoms with Crippen molar-refractivity contribution >= 4 is 32.7 Å². The second-order valence-electron chi connectivity index (χ2n) is 6.33. The average Bonchev–Trinajstić information content (AvgIpc) is 2.95. The number of carbonyl (C=O) groups excluding carboxylic acids is 2. The van der Waals surface area contributed by atoms with Gasteiger partial charge in [0.1, 0.15) is 0 Å². The smallest absolute Gasteiger partial charge is 0.377 e. The van der Waals surface area contributed by atoms with E-state index in [1.54, 1.807) is 5.32 Å². The lowest BCUT2D eigenvalue weighted by molar-refractivity contribution is -0.382. The summed E-state index contributed by atoms with van der Waals surface area (Å²) in [6.07, 6.45) is -7.26. The Kier molecular flexibility index (Phi) is 4.97. The van der Waals surface area contributed by atoms with Crippen molar-refractivity contribution in [2.45, 2.75) is 23.3 Å². The van der Waals surface area contributed by atoms with Crippen LogP contribution in [0.25, 0.3) is 10.8 Å². The zero-order chi connectivity index (χ0) is 24.5. The number of nitrogens with one attached hydrogen (secondary N) is 1. The Hall–Kier alpha value is -3.04. The third-order valence-electron chi connectivity index (χ3n) is 4.32. The predicted octanol–water partition coefficient (Wildman–Crippen LogP) is 3.86. The molecule has 0 aromatic heterocycles. The minimum atomic E-state index is -7.52. The molecule has 0 radical (unpaired) electrons. The molecule has 2 aromatic carbocycles. The minimum Gasteiger partial charge on any atom is -0.377 e. The SMILES string of the molecule is O=C1NC(=O)c2c1c(OS(=O)(=O)C(F)(F)C(F)(F)C(F)(F)C(F)(F)F)cc1ccccc21. The molecule has 0 saturated heterocycles. The van der Waals surface area contributed by atoms with Crippen molar-refractivity contribution in [2.75, 3.05) is 0 Å². The fourth-order valence-corrected chi connectivity index (χ4v) is 3.68. The number of amides is 2. The quantitative estimate of drug-likeness (QED) is 0.387. The maximum atomic E-state index is 13.9. The first-order chi connectivity index (χ1) is 14.4. The van der Waals surface area contributed by atoms with Crippen LogP contribution >= 0.6 is 0 Å². The highest BCUT2D eigenvalue weighted by Crippen LogP contribution is 2.55. The van der Waals surface area contributed by atoms with Gasteiger partial charge in [0.15, 0.2) is 5.75 Å². The summed E-state index contributed by atoms with van der Waals surface area (Å²) in [6, 6.07) is 5.55. The second kappa shape index (κ2) is 6.73. The lowest BCUT2D eigenvalue weighted by atomic mass is 9.99. The fraction of sp³-hybridized carbons (Fsp3) is 0.250. The molecule has 0 unspecified atom stereocenters. The fourth-order valence-electron chi connectivity index (χ4n) is 2.77. The van der Waals surface area contributed by atoms with Gasteiger partial charge in [0.05, 0.1) is 11.1 Å². The van der Waals surface area contributed by atoms with E-state index in [4.69, 9.17) is 0 Å². The monoisotopic (exact) mass is 495 g/mol. The third kappa shape index (κ3) is 3.07. The van der Waals surface area contributed by atoms with Crippen LogP contribution in [0.2, 0.25) is 0 Å². The molecular weight excluding hydrogens is 489 g/mol. The Balaban J connectivity index is 2.18. The predicted molar refractivity (Wildman–Crippen MR) is 86.2 cm³/mol. The summed E-state index contributed by atoms with van der Waals surface area (Å²) in [4.78, 5) is 23.9. The van der Waals surface area contributed by atoms with E-state index in [1.165, 1.54) is 18.2 Å². The summed E-state index contributed by atoms with van der Waals surface area (Å²) < 4.78 is 145. The van der Waals surface area contributed by atoms with Crippen molar-refractivity contribution in [3.05, 3.63) is 41.5 Å². The van der Waals surface area contributed by atoms with Gasteiger partial charge in [0.25, 0.3) is 11.8 Å². The van der Waals surface area contributed by atoms with E-state index in [-0.39, 0.29) is 10.8 Å². The van der Waals surface area contributed by atoms with Crippen LogP contribution in [0.15, 0.2) is 30.3 Å². The van der Waals surface area contributed by atoms with Crippen LogP contribution in [0.1, 0.15) is 20.7 Å². The summed E-state index contributed by atoms with van der Waals surface area (Å²) in [7, 11) is -7.30. The lowest BCUT2D eigenvalue weighted by Gasteiger charge is -2.32. The number of benzene rings is 2. The molecule has 0 saturated carbocycles. The van der Waals surface area contributed by atoms with E-state index >= 15 is 0 Å². The molecule has 1 aliphatic rings. The van der Waals surface area contributed by atoms with Gasteiger partial charge in [-0.15, -0.1) is 0 Å². The Labute approximate surface area is 171 Å². The number of alkyl halides is 9. The molecule has 2 amide bonds. The summed E-state index contributed by atoms with van der Waals surface area (Å²) in [5.41, 5.74) is -1.65. The highest BCUT2D eigenvalue weighted by molar-refractivity contribution is 7.88. The Morgan fingerprint density at radius 2 is 1.31 bits per heavy atom. The Morgan fingerprint density at radius 1 is 0.781 bits per heavy atom. The molecule has 0 fully saturated rings. The molecule has 1 heterocycles. The van der Waals surface area contributed by atoms with Crippen molar-refractivity contribution in [1.29, 1.82) is 0 Å². The van der Waals surface area contributed by atoms with Crippen LogP contribution in [-0.4, -0.2) is 43.5 Å². The number of carbonyl (C=O) groups is 2. The first kappa shape index (κ1) is 23.6. The van der Waals surface area contributed by atoms with Crippen molar-refractivity contribution < 1.29 is 61.7 Å². The van der Waals surface area contributed by atoms with Gasteiger partial charge in [-0.2, -0.15) is 47.9 Å². The van der Waals surface area contributed by atoms with Crippen molar-refractivity contribution in [2.24, 2.45) is 0 Å². The van der Waals surface area contributed by atoms with Crippen LogP contribution in [0.4, 0.5) is 39.5 Å². The number of hydrogen-bond acceptors (Lipinski definition) is 5. The van der Waals surface area contributed by atoms with Gasteiger partial charge in [-0.25, -0.2) is 0 Å². The first-order valence-electron chi connectivity index (χ1n) is 7.92. The topological polar surface area (TPSA) is 89.5 Å². The number of imide groups is 1. The summed E-state index contributed by atoms with van der Waals surface area (Å²) >= 11 is 0. The normalized spacial score (nSPS) is 15.7. The molecule has 16 heteroatoms. The zero-order valence-electron chi connectivity index (χ0n) is 14.7. The summed E-state index contributed by atoms with van der Waals surface area (Å²) in [6.45, 7) is 0. The minimum absolute atomic E-state index is 0.0312. The van der Waals surface area contributed by atoms with Gasteiger partial charge >= 0.3 is 33.4 Å². The van der Waals surface area contributed by atoms with Gasteiger partial charge in [-0.05, 0) is 16.8 Å². The van der Waals surface area contributed by atoms with Crippen LogP contribution in [0, 0.1) is 0 Å². The zero-order valence-corrected chi connectivity index (χ0v) is 15.6. The van der Waals surface area contributed by atoms with Gasteiger partial charge in [0, 0.05) is 0 Å². The van der Waals surface area contributed by atoms with Crippen molar-refractivity contribution in [1.82, 2.24) is 5.32 Å². The molecule has 1 aliphatic heterocycles. The molecule has 0 aliphatic carbocycles. The Morgan fingerprint density at radius 3 is 1.88 bits per heavy atom. The van der Waals surface area contributed by atoms with Crippen LogP contribution in [-0.2, 0) is 10.1 Å². The van der Waals surface area contributed by atoms with E-state index in [9.17, 15) is 57.5 Å². The van der Waals surface area contributed by atoms with Gasteiger partial charge in [-0.1, -0.05) is 24.3 Å². The summed E-state index contributed by atoms with van der Waals surface area (Å²) in [5.74, 6) is -19.1. The van der Waals surface area contributed by atoms with E-state index in [1.807, 2.05) is 0 Å². The molecule has 32 heavy (non-hydrogen) atoms. The average molecular weight is 495 g/mol. The highest BCUT2D eigenvalue weighted by atomic mass is 32.2.